The van der Waals surface area contributed by atoms with Gasteiger partial charge in [0.05, 0.1) is 6.61 Å². The highest BCUT2D eigenvalue weighted by Gasteiger charge is 2.04. The van der Waals surface area contributed by atoms with E-state index in [9.17, 15) is 4.39 Å². The molecule has 4 nitrogen and oxygen atoms in total. The lowest BCUT2D eigenvalue weighted by Crippen LogP contribution is -2.44. The number of hydrogen-bond acceptors (Lipinski definition) is 2. The topological polar surface area (TPSA) is 45.7 Å². The number of nitrogens with one attached hydrogen (secondary N) is 2. The van der Waals surface area contributed by atoms with Crippen LogP contribution < -0.4 is 10.6 Å². The monoisotopic (exact) mass is 409 g/mol. The van der Waals surface area contributed by atoms with E-state index in [1.807, 2.05) is 19.9 Å². The number of halogens is 2. The lowest BCUT2D eigenvalue weighted by molar-refractivity contribution is 0.179. The Bertz CT molecular complexity index is 429. The van der Waals surface area contributed by atoms with Crippen LogP contribution in [-0.2, 0) is 11.2 Å². The van der Waals surface area contributed by atoms with Gasteiger partial charge < -0.3 is 15.4 Å². The lowest BCUT2D eigenvalue weighted by Gasteiger charge is -2.17. The summed E-state index contributed by atoms with van der Waals surface area (Å²) in [5.74, 6) is 0.557. The second-order valence-corrected chi connectivity index (χ2v) is 4.60. The smallest absolute Gasteiger partial charge is 0.191 e. The van der Waals surface area contributed by atoms with E-state index in [1.165, 1.54) is 6.07 Å². The number of benzene rings is 1. The molecule has 1 unspecified atom stereocenters. The van der Waals surface area contributed by atoms with Gasteiger partial charge in [-0.25, -0.2) is 4.39 Å². The van der Waals surface area contributed by atoms with Gasteiger partial charge in [-0.15, -0.1) is 24.0 Å². The van der Waals surface area contributed by atoms with Gasteiger partial charge in [0.2, 0.25) is 0 Å². The van der Waals surface area contributed by atoms with Crippen LogP contribution in [0.4, 0.5) is 4.39 Å². The van der Waals surface area contributed by atoms with Gasteiger partial charge in [0.25, 0.3) is 0 Å². The standard InChI is InChI=1S/C15H24FN3O.HI/c1-4-17-15(19-12(2)11-20-3)18-10-9-13-7-5-6-8-14(13)16;/h5-8,12H,4,9-11H2,1-3H3,(H2,17,18,19);1H. The lowest BCUT2D eigenvalue weighted by atomic mass is 10.1. The Balaban J connectivity index is 0.00000400. The minimum Gasteiger partial charge on any atom is -0.383 e. The fraction of sp³-hybridized carbons (Fsp3) is 0.533. The molecule has 0 amide bonds. The molecule has 1 rings (SSSR count). The summed E-state index contributed by atoms with van der Waals surface area (Å²) >= 11 is 0. The molecule has 0 heterocycles. The molecule has 0 aromatic heterocycles. The number of guanidine groups is 1. The van der Waals surface area contributed by atoms with Crippen LogP contribution in [0.1, 0.15) is 19.4 Å². The fourth-order valence-electron chi connectivity index (χ4n) is 1.83. The van der Waals surface area contributed by atoms with Crippen LogP contribution in [0.5, 0.6) is 0 Å². The van der Waals surface area contributed by atoms with Crippen LogP contribution in [0.15, 0.2) is 29.3 Å². The molecule has 1 atom stereocenters. The molecule has 2 N–H and O–H groups in total. The molecule has 21 heavy (non-hydrogen) atoms. The van der Waals surface area contributed by atoms with E-state index in [-0.39, 0.29) is 35.8 Å². The van der Waals surface area contributed by atoms with Crippen molar-refractivity contribution >= 4 is 29.9 Å². The van der Waals surface area contributed by atoms with E-state index in [2.05, 4.69) is 15.6 Å². The first-order chi connectivity index (χ1) is 9.67. The van der Waals surface area contributed by atoms with Gasteiger partial charge in [0.15, 0.2) is 5.96 Å². The van der Waals surface area contributed by atoms with Crippen molar-refractivity contribution in [2.75, 3.05) is 26.8 Å². The predicted molar refractivity (Wildman–Crippen MR) is 96.0 cm³/mol. The first-order valence-corrected chi connectivity index (χ1v) is 6.94. The fourth-order valence-corrected chi connectivity index (χ4v) is 1.83. The Morgan fingerprint density at radius 2 is 2.10 bits per heavy atom. The van der Waals surface area contributed by atoms with E-state index in [0.717, 1.165) is 12.5 Å². The van der Waals surface area contributed by atoms with Crippen LogP contribution >= 0.6 is 24.0 Å². The van der Waals surface area contributed by atoms with Crippen molar-refractivity contribution in [3.8, 4) is 0 Å². The van der Waals surface area contributed by atoms with Gasteiger partial charge in [0, 0.05) is 26.2 Å². The molecule has 6 heteroatoms. The van der Waals surface area contributed by atoms with Gasteiger partial charge >= 0.3 is 0 Å². The summed E-state index contributed by atoms with van der Waals surface area (Å²) in [4.78, 5) is 4.44. The molecule has 0 aliphatic carbocycles. The Morgan fingerprint density at radius 1 is 1.38 bits per heavy atom. The number of rotatable bonds is 7. The number of aliphatic imine (C=N–C) groups is 1. The summed E-state index contributed by atoms with van der Waals surface area (Å²) in [5, 5.41) is 6.40. The normalized spacial score (nSPS) is 12.5. The molecule has 0 aliphatic heterocycles. The summed E-state index contributed by atoms with van der Waals surface area (Å²) in [6.07, 6.45) is 0.585. The quantitative estimate of drug-likeness (QED) is 0.414. The van der Waals surface area contributed by atoms with Crippen molar-refractivity contribution in [3.63, 3.8) is 0 Å². The third-order valence-corrected chi connectivity index (χ3v) is 2.75. The number of methoxy groups -OCH3 is 1. The first-order valence-electron chi connectivity index (χ1n) is 6.94. The third-order valence-electron chi connectivity index (χ3n) is 2.75. The molecule has 0 saturated carbocycles. The van der Waals surface area contributed by atoms with Crippen molar-refractivity contribution in [2.24, 2.45) is 4.99 Å². The zero-order chi connectivity index (χ0) is 14.8. The zero-order valence-corrected chi connectivity index (χ0v) is 15.2. The molecule has 0 saturated heterocycles. The molecule has 1 aromatic rings. The summed E-state index contributed by atoms with van der Waals surface area (Å²) < 4.78 is 18.6. The van der Waals surface area contributed by atoms with Gasteiger partial charge in [-0.05, 0) is 31.9 Å². The van der Waals surface area contributed by atoms with Gasteiger partial charge in [-0.2, -0.15) is 0 Å². The van der Waals surface area contributed by atoms with E-state index < -0.39 is 0 Å². The first kappa shape index (κ1) is 20.1. The Morgan fingerprint density at radius 3 is 2.71 bits per heavy atom. The highest BCUT2D eigenvalue weighted by Crippen LogP contribution is 2.06. The van der Waals surface area contributed by atoms with Crippen LogP contribution in [-0.4, -0.2) is 38.8 Å². The molecular weight excluding hydrogens is 384 g/mol. The van der Waals surface area contributed by atoms with Crippen LogP contribution in [0.3, 0.4) is 0 Å². The maximum atomic E-state index is 13.5. The Kier molecular flexibility index (Phi) is 11.2. The molecule has 120 valence electrons. The van der Waals surface area contributed by atoms with Gasteiger partial charge in [-0.3, -0.25) is 4.99 Å². The Hall–Kier alpha value is -0.890. The molecule has 0 fully saturated rings. The third kappa shape index (κ3) is 8.21. The van der Waals surface area contributed by atoms with Gasteiger partial charge in [-0.1, -0.05) is 18.2 Å². The van der Waals surface area contributed by atoms with Crippen molar-refractivity contribution in [3.05, 3.63) is 35.6 Å². The highest BCUT2D eigenvalue weighted by atomic mass is 127. The molecular formula is C15H25FIN3O. The van der Waals surface area contributed by atoms with Crippen LogP contribution in [0.25, 0.3) is 0 Å². The number of nitrogens with zero attached hydrogens (tertiary/aromatic N) is 1. The molecule has 0 bridgehead atoms. The summed E-state index contributed by atoms with van der Waals surface area (Å²) in [6, 6.07) is 6.97. The minimum atomic E-state index is -0.173. The second kappa shape index (κ2) is 11.7. The number of hydrogen-bond donors (Lipinski definition) is 2. The van der Waals surface area contributed by atoms with E-state index >= 15 is 0 Å². The zero-order valence-electron chi connectivity index (χ0n) is 12.9. The van der Waals surface area contributed by atoms with Gasteiger partial charge in [0.1, 0.15) is 5.82 Å². The highest BCUT2D eigenvalue weighted by molar-refractivity contribution is 14.0. The van der Waals surface area contributed by atoms with Crippen molar-refractivity contribution in [2.45, 2.75) is 26.3 Å². The minimum absolute atomic E-state index is 0. The SMILES string of the molecule is CCNC(=NCCc1ccccc1F)NC(C)COC.I. The van der Waals surface area contributed by atoms with Crippen molar-refractivity contribution in [1.29, 1.82) is 0 Å². The average molecular weight is 409 g/mol. The predicted octanol–water partition coefficient (Wildman–Crippen LogP) is 2.58. The summed E-state index contributed by atoms with van der Waals surface area (Å²) in [5.41, 5.74) is 0.692. The van der Waals surface area contributed by atoms with E-state index in [0.29, 0.717) is 25.1 Å². The second-order valence-electron chi connectivity index (χ2n) is 4.60. The van der Waals surface area contributed by atoms with Crippen molar-refractivity contribution < 1.29 is 9.13 Å². The van der Waals surface area contributed by atoms with Crippen molar-refractivity contribution in [1.82, 2.24) is 10.6 Å². The van der Waals surface area contributed by atoms with Crippen LogP contribution in [0.2, 0.25) is 0 Å². The van der Waals surface area contributed by atoms with Crippen LogP contribution in [0, 0.1) is 5.82 Å². The largest absolute Gasteiger partial charge is 0.383 e. The molecule has 0 aliphatic rings. The van der Waals surface area contributed by atoms with E-state index in [4.69, 9.17) is 4.74 Å². The Labute approximate surface area is 143 Å². The molecule has 1 aromatic carbocycles. The maximum Gasteiger partial charge on any atom is 0.191 e. The number of ether oxygens (including phenoxy) is 1. The summed E-state index contributed by atoms with van der Waals surface area (Å²) in [7, 11) is 1.67. The molecule has 0 radical (unpaired) electrons. The average Bonchev–Trinajstić information content (AvgIpc) is 2.41. The maximum absolute atomic E-state index is 13.5. The molecule has 0 spiro atoms. The summed E-state index contributed by atoms with van der Waals surface area (Å²) in [6.45, 7) is 5.96. The van der Waals surface area contributed by atoms with E-state index in [1.54, 1.807) is 19.2 Å².